The highest BCUT2D eigenvalue weighted by Crippen LogP contribution is 2.24. The van der Waals surface area contributed by atoms with Gasteiger partial charge < -0.3 is 5.41 Å². The first-order valence-corrected chi connectivity index (χ1v) is 6.06. The second-order valence-corrected chi connectivity index (χ2v) is 4.54. The lowest BCUT2D eigenvalue weighted by Crippen LogP contribution is -2.10. The lowest BCUT2D eigenvalue weighted by atomic mass is 9.89. The Kier molecular flexibility index (Phi) is 5.74. The molecule has 0 fully saturated rings. The Bertz CT molecular complexity index is 497. The molecule has 0 bridgehead atoms. The number of hydrazone groups is 1. The van der Waals surface area contributed by atoms with E-state index in [1.165, 1.54) is 12.1 Å². The monoisotopic (exact) mass is 259 g/mol. The van der Waals surface area contributed by atoms with Gasteiger partial charge in [0.1, 0.15) is 5.82 Å². The number of hydrogen-bond donors (Lipinski definition) is 2. The summed E-state index contributed by atoms with van der Waals surface area (Å²) in [4.78, 5) is 0. The van der Waals surface area contributed by atoms with Crippen LogP contribution in [0.1, 0.15) is 38.2 Å². The van der Waals surface area contributed by atoms with Crippen molar-refractivity contribution in [3.63, 3.8) is 0 Å². The zero-order valence-corrected chi connectivity index (χ0v) is 11.2. The topological polar surface area (TPSA) is 48.2 Å². The van der Waals surface area contributed by atoms with Crippen LogP contribution in [-0.4, -0.2) is 11.4 Å². The summed E-state index contributed by atoms with van der Waals surface area (Å²) in [6, 6.07) is 8.62. The van der Waals surface area contributed by atoms with Crippen molar-refractivity contribution in [2.45, 2.75) is 32.6 Å². The zero-order valence-electron chi connectivity index (χ0n) is 11.2. The molecule has 0 aliphatic carbocycles. The fourth-order valence-corrected chi connectivity index (χ4v) is 1.94. The minimum atomic E-state index is -0.256. The first-order chi connectivity index (χ1) is 9.02. The van der Waals surface area contributed by atoms with Crippen LogP contribution in [0.5, 0.6) is 0 Å². The van der Waals surface area contributed by atoms with E-state index in [0.29, 0.717) is 18.6 Å². The third-order valence-corrected chi connectivity index (χ3v) is 2.75. The van der Waals surface area contributed by atoms with E-state index in [2.05, 4.69) is 16.6 Å². The van der Waals surface area contributed by atoms with Gasteiger partial charge in [0, 0.05) is 17.5 Å². The van der Waals surface area contributed by atoms with Gasteiger partial charge in [0.05, 0.1) is 0 Å². The number of hydrogen-bond acceptors (Lipinski definition) is 3. The Morgan fingerprint density at radius 1 is 1.37 bits per heavy atom. The van der Waals surface area contributed by atoms with Crippen LogP contribution in [0.15, 0.2) is 29.4 Å². The average Bonchev–Trinajstić information content (AvgIpc) is 2.36. The summed E-state index contributed by atoms with van der Waals surface area (Å²) in [7, 11) is 0. The molecular formula is C15H18FN3. The maximum absolute atomic E-state index is 12.9. The molecule has 0 heterocycles. The van der Waals surface area contributed by atoms with Gasteiger partial charge >= 0.3 is 0 Å². The largest absolute Gasteiger partial charge is 0.310 e. The molecule has 0 amide bonds. The highest BCUT2D eigenvalue weighted by atomic mass is 19.1. The van der Waals surface area contributed by atoms with Crippen molar-refractivity contribution in [1.29, 1.82) is 5.41 Å². The van der Waals surface area contributed by atoms with Crippen molar-refractivity contribution in [3.8, 4) is 12.5 Å². The molecule has 2 N–H and O–H groups in total. The fourth-order valence-electron chi connectivity index (χ4n) is 1.94. The van der Waals surface area contributed by atoms with E-state index >= 15 is 0 Å². The molecule has 0 aromatic heterocycles. The van der Waals surface area contributed by atoms with Crippen molar-refractivity contribution in [3.05, 3.63) is 35.6 Å². The van der Waals surface area contributed by atoms with Crippen molar-refractivity contribution >= 4 is 11.4 Å². The molecule has 100 valence electrons. The van der Waals surface area contributed by atoms with Crippen LogP contribution in [0, 0.1) is 23.7 Å². The molecule has 1 rings (SSSR count). The quantitative estimate of drug-likeness (QED) is 0.350. The zero-order chi connectivity index (χ0) is 14.3. The Morgan fingerprint density at radius 3 is 2.53 bits per heavy atom. The third kappa shape index (κ3) is 5.35. The number of rotatable bonds is 6. The predicted octanol–water partition coefficient (Wildman–Crippen LogP) is 3.29. The average molecular weight is 259 g/mol. The Hall–Kier alpha value is -2.15. The fraction of sp³-hybridized carbons (Fsp3) is 0.333. The molecule has 0 aliphatic rings. The van der Waals surface area contributed by atoms with Gasteiger partial charge in [-0.05, 0) is 50.3 Å². The summed E-state index contributed by atoms with van der Waals surface area (Å²) in [6.07, 6.45) is 6.37. The molecule has 0 saturated heterocycles. The SMILES string of the molecule is C#CN/N=C(/C)CC(CC(C)=N)c1ccc(F)cc1. The molecule has 3 nitrogen and oxygen atoms in total. The van der Waals surface area contributed by atoms with Crippen LogP contribution in [0.4, 0.5) is 4.39 Å². The summed E-state index contributed by atoms with van der Waals surface area (Å²) >= 11 is 0. The predicted molar refractivity (Wildman–Crippen MR) is 76.9 cm³/mol. The second-order valence-electron chi connectivity index (χ2n) is 4.54. The molecule has 1 aromatic carbocycles. The standard InChI is InChI=1S/C15H18FN3/c1-4-18-19-12(3)10-14(9-11(2)17)13-5-7-15(16)8-6-13/h1,5-8,14,17-18H,9-10H2,2-3H3/b17-11?,19-12-. The summed E-state index contributed by atoms with van der Waals surface area (Å²) in [5.41, 5.74) is 4.92. The summed E-state index contributed by atoms with van der Waals surface area (Å²) in [6.45, 7) is 3.64. The maximum Gasteiger partial charge on any atom is 0.123 e. The molecule has 0 spiro atoms. The summed E-state index contributed by atoms with van der Waals surface area (Å²) in [5, 5.41) is 11.7. The van der Waals surface area contributed by atoms with Gasteiger partial charge in [-0.1, -0.05) is 18.6 Å². The second kappa shape index (κ2) is 7.32. The number of terminal acetylenes is 1. The van der Waals surface area contributed by atoms with Crippen molar-refractivity contribution in [2.75, 3.05) is 0 Å². The first kappa shape index (κ1) is 14.9. The Labute approximate surface area is 113 Å². The van der Waals surface area contributed by atoms with Gasteiger partial charge in [-0.25, -0.2) is 9.82 Å². The molecule has 19 heavy (non-hydrogen) atoms. The smallest absolute Gasteiger partial charge is 0.123 e. The highest BCUT2D eigenvalue weighted by molar-refractivity contribution is 5.84. The van der Waals surface area contributed by atoms with Gasteiger partial charge in [-0.15, -0.1) is 0 Å². The van der Waals surface area contributed by atoms with E-state index in [9.17, 15) is 4.39 Å². The van der Waals surface area contributed by atoms with Crippen molar-refractivity contribution in [2.24, 2.45) is 5.10 Å². The molecular weight excluding hydrogens is 241 g/mol. The first-order valence-electron chi connectivity index (χ1n) is 6.06. The van der Waals surface area contributed by atoms with Crippen LogP contribution >= 0.6 is 0 Å². The maximum atomic E-state index is 12.9. The highest BCUT2D eigenvalue weighted by Gasteiger charge is 2.14. The molecule has 4 heteroatoms. The number of nitrogens with one attached hydrogen (secondary N) is 2. The molecule has 0 aliphatic heterocycles. The summed E-state index contributed by atoms with van der Waals surface area (Å²) < 4.78 is 12.9. The van der Waals surface area contributed by atoms with Gasteiger partial charge in [-0.2, -0.15) is 5.10 Å². The molecule has 1 unspecified atom stereocenters. The number of benzene rings is 1. The molecule has 1 aromatic rings. The molecule has 1 atom stereocenters. The minimum absolute atomic E-state index is 0.112. The van der Waals surface area contributed by atoms with Gasteiger partial charge in [0.25, 0.3) is 0 Å². The van der Waals surface area contributed by atoms with E-state index in [4.69, 9.17) is 11.8 Å². The van der Waals surface area contributed by atoms with E-state index in [-0.39, 0.29) is 11.7 Å². The molecule has 0 saturated carbocycles. The number of halogens is 1. The lowest BCUT2D eigenvalue weighted by molar-refractivity contribution is 0.625. The van der Waals surface area contributed by atoms with Crippen LogP contribution in [0.3, 0.4) is 0 Å². The van der Waals surface area contributed by atoms with E-state index in [1.807, 2.05) is 6.92 Å². The van der Waals surface area contributed by atoms with Gasteiger partial charge in [0.2, 0.25) is 0 Å². The van der Waals surface area contributed by atoms with E-state index in [0.717, 1.165) is 11.3 Å². The van der Waals surface area contributed by atoms with Crippen molar-refractivity contribution < 1.29 is 4.39 Å². The van der Waals surface area contributed by atoms with Gasteiger partial charge in [0.15, 0.2) is 0 Å². The van der Waals surface area contributed by atoms with Gasteiger partial charge in [-0.3, -0.25) is 0 Å². The minimum Gasteiger partial charge on any atom is -0.310 e. The van der Waals surface area contributed by atoms with Crippen molar-refractivity contribution in [1.82, 2.24) is 5.43 Å². The Balaban J connectivity index is 2.86. The van der Waals surface area contributed by atoms with Crippen LogP contribution in [0.2, 0.25) is 0 Å². The third-order valence-electron chi connectivity index (χ3n) is 2.75. The summed E-state index contributed by atoms with van der Waals surface area (Å²) in [5.74, 6) is -0.144. The molecule has 0 radical (unpaired) electrons. The normalized spacial score (nSPS) is 12.6. The number of nitrogens with zero attached hydrogens (tertiary/aromatic N) is 1. The van der Waals surface area contributed by atoms with Crippen LogP contribution in [-0.2, 0) is 0 Å². The lowest BCUT2D eigenvalue weighted by Gasteiger charge is -2.16. The van der Waals surface area contributed by atoms with Crippen LogP contribution < -0.4 is 5.43 Å². The van der Waals surface area contributed by atoms with E-state index < -0.39 is 0 Å². The van der Waals surface area contributed by atoms with Crippen LogP contribution in [0.25, 0.3) is 0 Å². The van der Waals surface area contributed by atoms with E-state index in [1.54, 1.807) is 19.1 Å². The Morgan fingerprint density at radius 2 is 2.00 bits per heavy atom.